The smallest absolute Gasteiger partial charge is 0.112 e. The summed E-state index contributed by atoms with van der Waals surface area (Å²) in [6, 6.07) is 8.69. The molecule has 0 atom stereocenters. The highest BCUT2D eigenvalue weighted by molar-refractivity contribution is 5.59. The van der Waals surface area contributed by atoms with Gasteiger partial charge in [0.1, 0.15) is 5.82 Å². The number of aryl methyl sites for hydroxylation is 1. The zero-order chi connectivity index (χ0) is 11.7. The molecule has 0 bridgehead atoms. The van der Waals surface area contributed by atoms with E-state index in [4.69, 9.17) is 0 Å². The Hall–Kier alpha value is -1.61. The first-order chi connectivity index (χ1) is 8.36. The maximum atomic E-state index is 4.46. The molecule has 3 rings (SSSR count). The van der Waals surface area contributed by atoms with Gasteiger partial charge < -0.3 is 10.3 Å². The van der Waals surface area contributed by atoms with Crippen molar-refractivity contribution in [2.75, 3.05) is 13.1 Å². The summed E-state index contributed by atoms with van der Waals surface area (Å²) in [7, 11) is 0. The van der Waals surface area contributed by atoms with E-state index in [0.717, 1.165) is 31.0 Å². The van der Waals surface area contributed by atoms with Crippen LogP contribution in [0, 0.1) is 0 Å². The lowest BCUT2D eigenvalue weighted by molar-refractivity contribution is 0.433. The van der Waals surface area contributed by atoms with E-state index in [1.165, 1.54) is 11.1 Å². The summed E-state index contributed by atoms with van der Waals surface area (Å²) in [5.74, 6) is 1.68. The van der Waals surface area contributed by atoms with Crippen molar-refractivity contribution >= 4 is 0 Å². The number of aromatic amines is 1. The van der Waals surface area contributed by atoms with Crippen LogP contribution < -0.4 is 5.32 Å². The Balaban J connectivity index is 1.84. The lowest BCUT2D eigenvalue weighted by Crippen LogP contribution is -2.40. The first-order valence-corrected chi connectivity index (χ1v) is 6.21. The van der Waals surface area contributed by atoms with E-state index in [1.807, 2.05) is 6.20 Å². The summed E-state index contributed by atoms with van der Waals surface area (Å²) in [4.78, 5) is 7.88. The second-order valence-electron chi connectivity index (χ2n) is 4.59. The Morgan fingerprint density at radius 2 is 2.00 bits per heavy atom. The summed E-state index contributed by atoms with van der Waals surface area (Å²) in [6.07, 6.45) is 3.02. The van der Waals surface area contributed by atoms with Gasteiger partial charge in [-0.2, -0.15) is 0 Å². The Morgan fingerprint density at radius 1 is 1.24 bits per heavy atom. The van der Waals surface area contributed by atoms with E-state index in [2.05, 4.69) is 46.5 Å². The molecule has 0 spiro atoms. The molecule has 3 nitrogen and oxygen atoms in total. The number of hydrogen-bond acceptors (Lipinski definition) is 2. The van der Waals surface area contributed by atoms with Crippen LogP contribution in [0.15, 0.2) is 30.5 Å². The van der Waals surface area contributed by atoms with Gasteiger partial charge in [-0.15, -0.1) is 0 Å². The van der Waals surface area contributed by atoms with Gasteiger partial charge in [-0.1, -0.05) is 31.2 Å². The van der Waals surface area contributed by atoms with Gasteiger partial charge in [-0.05, 0) is 17.5 Å². The van der Waals surface area contributed by atoms with Crippen LogP contribution in [0.2, 0.25) is 0 Å². The van der Waals surface area contributed by atoms with Crippen LogP contribution >= 0.6 is 0 Å². The van der Waals surface area contributed by atoms with Gasteiger partial charge in [0.25, 0.3) is 0 Å². The first kappa shape index (κ1) is 10.5. The number of nitrogens with one attached hydrogen (secondary N) is 2. The number of aromatic nitrogens is 2. The molecule has 1 aliphatic rings. The molecular formula is C14H17N3. The van der Waals surface area contributed by atoms with E-state index in [1.54, 1.807) is 0 Å². The molecule has 0 radical (unpaired) electrons. The minimum absolute atomic E-state index is 0.568. The number of imidazole rings is 1. The van der Waals surface area contributed by atoms with Crippen LogP contribution in [0.1, 0.15) is 24.2 Å². The van der Waals surface area contributed by atoms with Gasteiger partial charge >= 0.3 is 0 Å². The van der Waals surface area contributed by atoms with Crippen molar-refractivity contribution in [2.45, 2.75) is 19.3 Å². The first-order valence-electron chi connectivity index (χ1n) is 6.21. The Morgan fingerprint density at radius 3 is 2.59 bits per heavy atom. The van der Waals surface area contributed by atoms with Crippen molar-refractivity contribution in [3.8, 4) is 11.3 Å². The maximum absolute atomic E-state index is 4.46. The normalized spacial score (nSPS) is 15.8. The molecule has 2 N–H and O–H groups in total. The summed E-state index contributed by atoms with van der Waals surface area (Å²) in [6.45, 7) is 4.26. The SMILES string of the molecule is CCc1ccc(-c2cnc(C3CNC3)[nH]2)cc1. The minimum atomic E-state index is 0.568. The molecule has 1 aliphatic heterocycles. The molecular weight excluding hydrogens is 210 g/mol. The molecule has 17 heavy (non-hydrogen) atoms. The number of H-pyrrole nitrogens is 1. The molecule has 1 saturated heterocycles. The summed E-state index contributed by atoms with van der Waals surface area (Å²) in [5, 5.41) is 3.26. The fourth-order valence-corrected chi connectivity index (χ4v) is 2.09. The molecule has 2 heterocycles. The average Bonchev–Trinajstić information content (AvgIpc) is 2.76. The van der Waals surface area contributed by atoms with Gasteiger partial charge in [0.15, 0.2) is 0 Å². The van der Waals surface area contributed by atoms with Gasteiger partial charge in [-0.25, -0.2) is 4.98 Å². The third kappa shape index (κ3) is 1.98. The molecule has 1 fully saturated rings. The standard InChI is InChI=1S/C14H17N3/c1-2-10-3-5-11(6-4-10)13-9-16-14(17-13)12-7-15-8-12/h3-6,9,12,15H,2,7-8H2,1H3,(H,16,17). The molecule has 1 aromatic carbocycles. The van der Waals surface area contributed by atoms with E-state index >= 15 is 0 Å². The predicted molar refractivity (Wildman–Crippen MR) is 69.0 cm³/mol. The zero-order valence-corrected chi connectivity index (χ0v) is 10.0. The third-order valence-corrected chi connectivity index (χ3v) is 3.44. The van der Waals surface area contributed by atoms with E-state index < -0.39 is 0 Å². The van der Waals surface area contributed by atoms with E-state index in [-0.39, 0.29) is 0 Å². The molecule has 0 amide bonds. The van der Waals surface area contributed by atoms with Crippen LogP contribution in [-0.2, 0) is 6.42 Å². The van der Waals surface area contributed by atoms with Crippen molar-refractivity contribution in [3.05, 3.63) is 41.9 Å². The molecule has 0 aliphatic carbocycles. The van der Waals surface area contributed by atoms with E-state index in [0.29, 0.717) is 5.92 Å². The lowest BCUT2D eigenvalue weighted by Gasteiger charge is -2.24. The van der Waals surface area contributed by atoms with Crippen molar-refractivity contribution in [1.29, 1.82) is 0 Å². The number of benzene rings is 1. The molecule has 2 aromatic rings. The Labute approximate surface area is 101 Å². The highest BCUT2D eigenvalue weighted by atomic mass is 15.0. The van der Waals surface area contributed by atoms with Crippen LogP contribution in [-0.4, -0.2) is 23.1 Å². The minimum Gasteiger partial charge on any atom is -0.342 e. The van der Waals surface area contributed by atoms with Crippen molar-refractivity contribution in [1.82, 2.24) is 15.3 Å². The molecule has 0 saturated carbocycles. The fraction of sp³-hybridized carbons (Fsp3) is 0.357. The Bertz CT molecular complexity index is 494. The maximum Gasteiger partial charge on any atom is 0.112 e. The largest absolute Gasteiger partial charge is 0.342 e. The van der Waals surface area contributed by atoms with E-state index in [9.17, 15) is 0 Å². The van der Waals surface area contributed by atoms with Gasteiger partial charge in [0.05, 0.1) is 11.9 Å². The molecule has 1 aromatic heterocycles. The highest BCUT2D eigenvalue weighted by Gasteiger charge is 2.21. The van der Waals surface area contributed by atoms with Crippen molar-refractivity contribution in [3.63, 3.8) is 0 Å². The lowest BCUT2D eigenvalue weighted by atomic mass is 10.0. The molecule has 0 unspecified atom stereocenters. The second-order valence-corrected chi connectivity index (χ2v) is 4.59. The van der Waals surface area contributed by atoms with Gasteiger partial charge in [0.2, 0.25) is 0 Å². The van der Waals surface area contributed by atoms with Crippen molar-refractivity contribution in [2.24, 2.45) is 0 Å². The zero-order valence-electron chi connectivity index (χ0n) is 10.0. The fourth-order valence-electron chi connectivity index (χ4n) is 2.09. The highest BCUT2D eigenvalue weighted by Crippen LogP contribution is 2.22. The van der Waals surface area contributed by atoms with Crippen molar-refractivity contribution < 1.29 is 0 Å². The summed E-state index contributed by atoms with van der Waals surface area (Å²) < 4.78 is 0. The van der Waals surface area contributed by atoms with Crippen LogP contribution in [0.25, 0.3) is 11.3 Å². The summed E-state index contributed by atoms with van der Waals surface area (Å²) in [5.41, 5.74) is 3.71. The third-order valence-electron chi connectivity index (χ3n) is 3.44. The number of hydrogen-bond donors (Lipinski definition) is 2. The topological polar surface area (TPSA) is 40.7 Å². The van der Waals surface area contributed by atoms with Crippen LogP contribution in [0.4, 0.5) is 0 Å². The van der Waals surface area contributed by atoms with Gasteiger partial charge in [0, 0.05) is 19.0 Å². The Kier molecular flexibility index (Phi) is 2.69. The molecule has 88 valence electrons. The van der Waals surface area contributed by atoms with Crippen LogP contribution in [0.5, 0.6) is 0 Å². The quantitative estimate of drug-likeness (QED) is 0.845. The van der Waals surface area contributed by atoms with Crippen LogP contribution in [0.3, 0.4) is 0 Å². The monoisotopic (exact) mass is 227 g/mol. The predicted octanol–water partition coefficient (Wildman–Crippen LogP) is 2.33. The molecule has 3 heteroatoms. The second kappa shape index (κ2) is 4.34. The average molecular weight is 227 g/mol. The number of nitrogens with zero attached hydrogens (tertiary/aromatic N) is 1. The number of rotatable bonds is 3. The van der Waals surface area contributed by atoms with Gasteiger partial charge in [-0.3, -0.25) is 0 Å². The summed E-state index contributed by atoms with van der Waals surface area (Å²) >= 11 is 0.